The first kappa shape index (κ1) is 13.8. The number of carbonyl (C=O) groups excluding carboxylic acids is 1. The summed E-state index contributed by atoms with van der Waals surface area (Å²) in [6.07, 6.45) is 9.10. The highest BCUT2D eigenvalue weighted by Gasteiger charge is 2.40. The van der Waals surface area contributed by atoms with Crippen molar-refractivity contribution in [2.75, 3.05) is 13.2 Å². The van der Waals surface area contributed by atoms with Crippen molar-refractivity contribution in [2.24, 2.45) is 11.1 Å². The maximum absolute atomic E-state index is 12.2. The third-order valence-electron chi connectivity index (χ3n) is 4.90. The van der Waals surface area contributed by atoms with E-state index in [4.69, 9.17) is 5.73 Å². The molecular weight excluding hydrogens is 228 g/mol. The van der Waals surface area contributed by atoms with Crippen molar-refractivity contribution in [3.8, 4) is 0 Å². The molecule has 2 saturated carbocycles. The van der Waals surface area contributed by atoms with Crippen molar-refractivity contribution in [3.63, 3.8) is 0 Å². The van der Waals surface area contributed by atoms with Gasteiger partial charge < -0.3 is 16.2 Å². The van der Waals surface area contributed by atoms with Gasteiger partial charge in [-0.05, 0) is 37.6 Å². The van der Waals surface area contributed by atoms with Crippen LogP contribution in [0, 0.1) is 5.41 Å². The van der Waals surface area contributed by atoms with Crippen LogP contribution in [0.15, 0.2) is 0 Å². The van der Waals surface area contributed by atoms with Crippen LogP contribution in [0.25, 0.3) is 0 Å². The molecule has 0 heterocycles. The SMILES string of the molecule is NCC1(CC(=O)NC2(CO)CCCCC2)CCC1. The Balaban J connectivity index is 1.89. The average molecular weight is 254 g/mol. The Morgan fingerprint density at radius 2 is 1.78 bits per heavy atom. The van der Waals surface area contributed by atoms with Crippen molar-refractivity contribution < 1.29 is 9.90 Å². The molecule has 0 atom stereocenters. The predicted molar refractivity (Wildman–Crippen MR) is 71.0 cm³/mol. The normalized spacial score (nSPS) is 25.2. The molecule has 104 valence electrons. The molecule has 0 aromatic heterocycles. The van der Waals surface area contributed by atoms with Crippen LogP contribution >= 0.6 is 0 Å². The second kappa shape index (κ2) is 5.57. The van der Waals surface area contributed by atoms with Crippen LogP contribution in [0.3, 0.4) is 0 Å². The van der Waals surface area contributed by atoms with Crippen LogP contribution in [0.5, 0.6) is 0 Å². The lowest BCUT2D eigenvalue weighted by Gasteiger charge is -2.42. The third-order valence-corrected chi connectivity index (χ3v) is 4.90. The summed E-state index contributed by atoms with van der Waals surface area (Å²) in [4.78, 5) is 12.2. The molecule has 1 amide bonds. The van der Waals surface area contributed by atoms with Crippen LogP contribution in [-0.4, -0.2) is 29.7 Å². The van der Waals surface area contributed by atoms with Crippen LogP contribution in [-0.2, 0) is 4.79 Å². The number of nitrogens with two attached hydrogens (primary N) is 1. The van der Waals surface area contributed by atoms with E-state index in [1.54, 1.807) is 0 Å². The lowest BCUT2D eigenvalue weighted by atomic mass is 9.66. The molecule has 2 rings (SSSR count). The van der Waals surface area contributed by atoms with Gasteiger partial charge in [0.25, 0.3) is 0 Å². The molecule has 18 heavy (non-hydrogen) atoms. The number of aliphatic hydroxyl groups is 1. The summed E-state index contributed by atoms with van der Waals surface area (Å²) in [5.74, 6) is 0.0797. The first-order valence-corrected chi connectivity index (χ1v) is 7.26. The molecule has 0 unspecified atom stereocenters. The maximum atomic E-state index is 12.2. The summed E-state index contributed by atoms with van der Waals surface area (Å²) in [6, 6.07) is 0. The zero-order chi connectivity index (χ0) is 13.1. The van der Waals surface area contributed by atoms with Gasteiger partial charge in [0.05, 0.1) is 12.1 Å². The van der Waals surface area contributed by atoms with Gasteiger partial charge in [-0.1, -0.05) is 25.7 Å². The lowest BCUT2D eigenvalue weighted by molar-refractivity contribution is -0.127. The minimum absolute atomic E-state index is 0.0510. The molecule has 0 aliphatic heterocycles. The predicted octanol–water partition coefficient (Wildman–Crippen LogP) is 1.32. The van der Waals surface area contributed by atoms with Crippen molar-refractivity contribution in [2.45, 2.75) is 63.3 Å². The van der Waals surface area contributed by atoms with Gasteiger partial charge in [-0.2, -0.15) is 0 Å². The fraction of sp³-hybridized carbons (Fsp3) is 0.929. The number of amides is 1. The van der Waals surface area contributed by atoms with E-state index in [2.05, 4.69) is 5.32 Å². The van der Waals surface area contributed by atoms with Gasteiger partial charge in [0, 0.05) is 6.42 Å². The van der Waals surface area contributed by atoms with E-state index in [1.165, 1.54) is 12.8 Å². The zero-order valence-electron chi connectivity index (χ0n) is 11.2. The number of hydrogen-bond acceptors (Lipinski definition) is 3. The van der Waals surface area contributed by atoms with Gasteiger partial charge in [-0.25, -0.2) is 0 Å². The molecule has 2 aliphatic carbocycles. The minimum Gasteiger partial charge on any atom is -0.394 e. The molecule has 0 aromatic carbocycles. The van der Waals surface area contributed by atoms with Crippen molar-refractivity contribution in [3.05, 3.63) is 0 Å². The van der Waals surface area contributed by atoms with E-state index < -0.39 is 0 Å². The molecule has 2 fully saturated rings. The van der Waals surface area contributed by atoms with E-state index in [0.29, 0.717) is 13.0 Å². The van der Waals surface area contributed by atoms with E-state index in [-0.39, 0.29) is 23.5 Å². The van der Waals surface area contributed by atoms with Crippen LogP contribution < -0.4 is 11.1 Å². The molecule has 0 aromatic rings. The maximum Gasteiger partial charge on any atom is 0.221 e. The zero-order valence-corrected chi connectivity index (χ0v) is 11.2. The van der Waals surface area contributed by atoms with Crippen molar-refractivity contribution in [1.29, 1.82) is 0 Å². The van der Waals surface area contributed by atoms with Crippen LogP contribution in [0.4, 0.5) is 0 Å². The Kier molecular flexibility index (Phi) is 4.28. The Bertz CT molecular complexity index is 289. The average Bonchev–Trinajstić information content (AvgIpc) is 2.35. The summed E-state index contributed by atoms with van der Waals surface area (Å²) < 4.78 is 0. The first-order valence-electron chi connectivity index (χ1n) is 7.26. The number of carbonyl (C=O) groups is 1. The molecule has 2 aliphatic rings. The second-order valence-electron chi connectivity index (χ2n) is 6.28. The summed E-state index contributed by atoms with van der Waals surface area (Å²) in [7, 11) is 0. The molecule has 4 N–H and O–H groups in total. The largest absolute Gasteiger partial charge is 0.394 e. The standard InChI is InChI=1S/C14H26N2O2/c15-10-13(5-4-6-13)9-12(18)16-14(11-17)7-2-1-3-8-14/h17H,1-11,15H2,(H,16,18). The molecule has 0 radical (unpaired) electrons. The fourth-order valence-corrected chi connectivity index (χ4v) is 3.36. The Labute approximate surface area is 109 Å². The minimum atomic E-state index is -0.352. The highest BCUT2D eigenvalue weighted by atomic mass is 16.3. The molecular formula is C14H26N2O2. The summed E-state index contributed by atoms with van der Waals surface area (Å²) in [6.45, 7) is 0.668. The first-order chi connectivity index (χ1) is 8.64. The number of nitrogens with one attached hydrogen (secondary N) is 1. The molecule has 4 heteroatoms. The van der Waals surface area contributed by atoms with Gasteiger partial charge >= 0.3 is 0 Å². The lowest BCUT2D eigenvalue weighted by Crippen LogP contribution is -2.54. The fourth-order valence-electron chi connectivity index (χ4n) is 3.36. The van der Waals surface area contributed by atoms with E-state index in [9.17, 15) is 9.90 Å². The summed E-state index contributed by atoms with van der Waals surface area (Å²) >= 11 is 0. The molecule has 0 bridgehead atoms. The van der Waals surface area contributed by atoms with Crippen LogP contribution in [0.1, 0.15) is 57.8 Å². The summed E-state index contributed by atoms with van der Waals surface area (Å²) in [5, 5.41) is 12.7. The Morgan fingerprint density at radius 3 is 2.22 bits per heavy atom. The topological polar surface area (TPSA) is 75.4 Å². The number of aliphatic hydroxyl groups excluding tert-OH is 1. The van der Waals surface area contributed by atoms with E-state index in [1.807, 2.05) is 0 Å². The van der Waals surface area contributed by atoms with Gasteiger partial charge in [-0.3, -0.25) is 4.79 Å². The van der Waals surface area contributed by atoms with Crippen LogP contribution in [0.2, 0.25) is 0 Å². The monoisotopic (exact) mass is 254 g/mol. The van der Waals surface area contributed by atoms with E-state index >= 15 is 0 Å². The number of hydrogen-bond donors (Lipinski definition) is 3. The van der Waals surface area contributed by atoms with Gasteiger partial charge in [0.2, 0.25) is 5.91 Å². The van der Waals surface area contributed by atoms with Gasteiger partial charge in [0.1, 0.15) is 0 Å². The Morgan fingerprint density at radius 1 is 1.11 bits per heavy atom. The van der Waals surface area contributed by atoms with Gasteiger partial charge in [0.15, 0.2) is 0 Å². The highest BCUT2D eigenvalue weighted by molar-refractivity contribution is 5.77. The van der Waals surface area contributed by atoms with Crippen molar-refractivity contribution in [1.82, 2.24) is 5.32 Å². The quantitative estimate of drug-likeness (QED) is 0.692. The smallest absolute Gasteiger partial charge is 0.221 e. The number of rotatable bonds is 5. The molecule has 0 saturated heterocycles. The van der Waals surface area contributed by atoms with Gasteiger partial charge in [-0.15, -0.1) is 0 Å². The summed E-state index contributed by atoms with van der Waals surface area (Å²) in [5.41, 5.74) is 5.48. The van der Waals surface area contributed by atoms with Crippen molar-refractivity contribution >= 4 is 5.91 Å². The third kappa shape index (κ3) is 2.86. The second-order valence-corrected chi connectivity index (χ2v) is 6.28. The molecule has 4 nitrogen and oxygen atoms in total. The van der Waals surface area contributed by atoms with E-state index in [0.717, 1.165) is 38.5 Å². The Hall–Kier alpha value is -0.610. The molecule has 0 spiro atoms. The highest BCUT2D eigenvalue weighted by Crippen LogP contribution is 2.43.